The normalized spacial score (nSPS) is 14.3. The summed E-state index contributed by atoms with van der Waals surface area (Å²) in [6, 6.07) is 24.0. The number of methoxy groups -OCH3 is 1. The SMILES string of the molecule is COc1ccccc1N1CCN(Cc2cc(C)n(-c3ccc(F)cc3F)c2-c2ccccc2)CC1. The molecular formula is C29H29F2N3O. The fourth-order valence-electron chi connectivity index (χ4n) is 4.99. The molecule has 3 aromatic carbocycles. The van der Waals surface area contributed by atoms with Gasteiger partial charge < -0.3 is 14.2 Å². The van der Waals surface area contributed by atoms with Gasteiger partial charge in [0.1, 0.15) is 17.4 Å². The van der Waals surface area contributed by atoms with Crippen molar-refractivity contribution in [3.05, 3.63) is 102 Å². The number of piperazine rings is 1. The first-order valence-electron chi connectivity index (χ1n) is 11.9. The second kappa shape index (κ2) is 9.92. The first kappa shape index (κ1) is 23.1. The lowest BCUT2D eigenvalue weighted by molar-refractivity contribution is 0.249. The summed E-state index contributed by atoms with van der Waals surface area (Å²) in [5, 5.41) is 0. The van der Waals surface area contributed by atoms with Crippen molar-refractivity contribution in [3.8, 4) is 22.7 Å². The van der Waals surface area contributed by atoms with Gasteiger partial charge >= 0.3 is 0 Å². The molecule has 35 heavy (non-hydrogen) atoms. The number of para-hydroxylation sites is 2. The molecule has 0 N–H and O–H groups in total. The van der Waals surface area contributed by atoms with Crippen LogP contribution in [0.3, 0.4) is 0 Å². The Hall–Kier alpha value is -3.64. The summed E-state index contributed by atoms with van der Waals surface area (Å²) in [6.07, 6.45) is 0. The number of rotatable bonds is 6. The van der Waals surface area contributed by atoms with Crippen molar-refractivity contribution < 1.29 is 13.5 Å². The van der Waals surface area contributed by atoms with Crippen LogP contribution in [0.15, 0.2) is 78.9 Å². The van der Waals surface area contributed by atoms with Crippen molar-refractivity contribution in [3.63, 3.8) is 0 Å². The van der Waals surface area contributed by atoms with Crippen molar-refractivity contribution in [2.24, 2.45) is 0 Å². The van der Waals surface area contributed by atoms with Crippen LogP contribution in [0.1, 0.15) is 11.3 Å². The molecule has 0 unspecified atom stereocenters. The average molecular weight is 474 g/mol. The molecule has 4 aromatic rings. The third kappa shape index (κ3) is 4.66. The van der Waals surface area contributed by atoms with Crippen LogP contribution in [-0.4, -0.2) is 42.8 Å². The van der Waals surface area contributed by atoms with E-state index < -0.39 is 11.6 Å². The van der Waals surface area contributed by atoms with Gasteiger partial charge in [0.25, 0.3) is 0 Å². The van der Waals surface area contributed by atoms with E-state index in [2.05, 4.69) is 21.9 Å². The zero-order valence-corrected chi connectivity index (χ0v) is 20.0. The fraction of sp³-hybridized carbons (Fsp3) is 0.241. The van der Waals surface area contributed by atoms with E-state index in [-0.39, 0.29) is 0 Å². The van der Waals surface area contributed by atoms with Crippen molar-refractivity contribution in [2.75, 3.05) is 38.2 Å². The van der Waals surface area contributed by atoms with Crippen LogP contribution >= 0.6 is 0 Å². The van der Waals surface area contributed by atoms with Gasteiger partial charge in [0.2, 0.25) is 0 Å². The summed E-state index contributed by atoms with van der Waals surface area (Å²) in [5.41, 5.74) is 5.47. The minimum Gasteiger partial charge on any atom is -0.495 e. The van der Waals surface area contributed by atoms with Crippen LogP contribution in [0.4, 0.5) is 14.5 Å². The van der Waals surface area contributed by atoms with Crippen LogP contribution in [0, 0.1) is 18.6 Å². The highest BCUT2D eigenvalue weighted by atomic mass is 19.1. The van der Waals surface area contributed by atoms with Crippen molar-refractivity contribution in [1.29, 1.82) is 0 Å². The van der Waals surface area contributed by atoms with Gasteiger partial charge in [-0.1, -0.05) is 42.5 Å². The Morgan fingerprint density at radius 1 is 0.800 bits per heavy atom. The van der Waals surface area contributed by atoms with E-state index in [9.17, 15) is 8.78 Å². The summed E-state index contributed by atoms with van der Waals surface area (Å²) in [4.78, 5) is 4.79. The summed E-state index contributed by atoms with van der Waals surface area (Å²) in [7, 11) is 1.71. The number of hydrogen-bond acceptors (Lipinski definition) is 3. The third-order valence-corrected chi connectivity index (χ3v) is 6.65. The maximum absolute atomic E-state index is 14.9. The largest absolute Gasteiger partial charge is 0.495 e. The molecule has 0 aliphatic carbocycles. The molecule has 1 aliphatic heterocycles. The molecule has 5 rings (SSSR count). The minimum absolute atomic E-state index is 0.356. The zero-order valence-electron chi connectivity index (χ0n) is 20.0. The second-order valence-electron chi connectivity index (χ2n) is 8.89. The van der Waals surface area contributed by atoms with E-state index >= 15 is 0 Å². The van der Waals surface area contributed by atoms with E-state index in [1.54, 1.807) is 7.11 Å². The lowest BCUT2D eigenvalue weighted by Gasteiger charge is -2.36. The first-order valence-corrected chi connectivity index (χ1v) is 11.9. The first-order chi connectivity index (χ1) is 17.0. The fourth-order valence-corrected chi connectivity index (χ4v) is 4.99. The summed E-state index contributed by atoms with van der Waals surface area (Å²) >= 11 is 0. The molecule has 0 radical (unpaired) electrons. The molecule has 0 amide bonds. The standard InChI is InChI=1S/C29H29F2N3O/c1-21-18-23(20-32-14-16-33(17-15-32)27-10-6-7-11-28(27)35-2)29(22-8-4-3-5-9-22)34(21)26-13-12-24(30)19-25(26)31/h3-13,18-19H,14-17,20H2,1-2H3. The molecule has 1 aromatic heterocycles. The Balaban J connectivity index is 1.44. The molecule has 1 fully saturated rings. The van der Waals surface area contributed by atoms with Gasteiger partial charge in [-0.3, -0.25) is 4.90 Å². The molecule has 6 heteroatoms. The van der Waals surface area contributed by atoms with Crippen LogP contribution < -0.4 is 9.64 Å². The summed E-state index contributed by atoms with van der Waals surface area (Å²) in [5.74, 6) is -0.260. The van der Waals surface area contributed by atoms with Crippen LogP contribution in [0.2, 0.25) is 0 Å². The smallest absolute Gasteiger partial charge is 0.150 e. The van der Waals surface area contributed by atoms with Gasteiger partial charge in [0.05, 0.1) is 24.2 Å². The molecule has 0 atom stereocenters. The summed E-state index contributed by atoms with van der Waals surface area (Å²) < 4.78 is 36.0. The highest BCUT2D eigenvalue weighted by Gasteiger charge is 2.23. The van der Waals surface area contributed by atoms with E-state index in [1.165, 1.54) is 12.1 Å². The third-order valence-electron chi connectivity index (χ3n) is 6.65. The number of aryl methyl sites for hydroxylation is 1. The molecule has 1 saturated heterocycles. The maximum Gasteiger partial charge on any atom is 0.150 e. The molecule has 180 valence electrons. The number of benzene rings is 3. The monoisotopic (exact) mass is 473 g/mol. The highest BCUT2D eigenvalue weighted by molar-refractivity contribution is 5.68. The Labute approximate surface area is 205 Å². The quantitative estimate of drug-likeness (QED) is 0.340. The molecular weight excluding hydrogens is 444 g/mol. The Morgan fingerprint density at radius 2 is 1.51 bits per heavy atom. The lowest BCUT2D eigenvalue weighted by atomic mass is 10.1. The Kier molecular flexibility index (Phi) is 6.55. The zero-order chi connectivity index (χ0) is 24.4. The van der Waals surface area contributed by atoms with Gasteiger partial charge in [-0.2, -0.15) is 0 Å². The van der Waals surface area contributed by atoms with Crippen LogP contribution in [0.5, 0.6) is 5.75 Å². The Bertz CT molecular complexity index is 1310. The van der Waals surface area contributed by atoms with Gasteiger partial charge in [-0.05, 0) is 48.4 Å². The van der Waals surface area contributed by atoms with E-state index in [1.807, 2.05) is 60.0 Å². The van der Waals surface area contributed by atoms with E-state index in [4.69, 9.17) is 4.74 Å². The van der Waals surface area contributed by atoms with Crippen LogP contribution in [0.25, 0.3) is 16.9 Å². The van der Waals surface area contributed by atoms with Gasteiger partial charge in [0.15, 0.2) is 0 Å². The van der Waals surface area contributed by atoms with Gasteiger partial charge in [0, 0.05) is 44.5 Å². The number of hydrogen-bond donors (Lipinski definition) is 0. The van der Waals surface area contributed by atoms with Crippen molar-refractivity contribution in [2.45, 2.75) is 13.5 Å². The molecule has 0 bridgehead atoms. The molecule has 0 saturated carbocycles. The average Bonchev–Trinajstić information content (AvgIpc) is 3.20. The summed E-state index contributed by atoms with van der Waals surface area (Å²) in [6.45, 7) is 6.32. The number of halogens is 2. The molecule has 2 heterocycles. The van der Waals surface area contributed by atoms with Crippen molar-refractivity contribution in [1.82, 2.24) is 9.47 Å². The molecule has 4 nitrogen and oxygen atoms in total. The Morgan fingerprint density at radius 3 is 2.23 bits per heavy atom. The highest BCUT2D eigenvalue weighted by Crippen LogP contribution is 2.34. The predicted octanol–water partition coefficient (Wildman–Crippen LogP) is 6.06. The lowest BCUT2D eigenvalue weighted by Crippen LogP contribution is -2.46. The second-order valence-corrected chi connectivity index (χ2v) is 8.89. The number of anilines is 1. The maximum atomic E-state index is 14.9. The van der Waals surface area contributed by atoms with E-state index in [0.717, 1.165) is 72.7 Å². The number of ether oxygens (including phenoxy) is 1. The number of aromatic nitrogens is 1. The molecule has 0 spiro atoms. The molecule has 1 aliphatic rings. The van der Waals surface area contributed by atoms with Crippen LogP contribution in [-0.2, 0) is 6.54 Å². The number of nitrogens with zero attached hydrogens (tertiary/aromatic N) is 3. The van der Waals surface area contributed by atoms with E-state index in [0.29, 0.717) is 5.69 Å². The van der Waals surface area contributed by atoms with Gasteiger partial charge in [-0.25, -0.2) is 8.78 Å². The predicted molar refractivity (Wildman–Crippen MR) is 136 cm³/mol. The minimum atomic E-state index is -0.578. The van der Waals surface area contributed by atoms with Gasteiger partial charge in [-0.15, -0.1) is 0 Å². The van der Waals surface area contributed by atoms with Crippen molar-refractivity contribution >= 4 is 5.69 Å². The topological polar surface area (TPSA) is 20.6 Å².